The normalized spacial score (nSPS) is 14.5. The number of carbonyl (C=O) groups is 1. The van der Waals surface area contributed by atoms with Crippen LogP contribution in [0.25, 0.3) is 0 Å². The first-order chi connectivity index (χ1) is 9.13. The molecule has 1 aromatic rings. The van der Waals surface area contributed by atoms with Crippen LogP contribution < -0.4 is 5.32 Å². The van der Waals surface area contributed by atoms with Gasteiger partial charge in [-0.25, -0.2) is 0 Å². The summed E-state index contributed by atoms with van der Waals surface area (Å²) < 4.78 is 0. The maximum absolute atomic E-state index is 12.7. The standard InChI is InChI=1S/C15H23N3O/c1-4-17-14-9-16-8-7-13(14)15(19)18(11(2)3)10-12-5-6-12/h7-9,11-12,17H,4-6,10H2,1-3H3. The molecular formula is C15H23N3O. The van der Waals surface area contributed by atoms with Crippen molar-refractivity contribution in [3.8, 4) is 0 Å². The number of carbonyl (C=O) groups excluding carboxylic acids is 1. The van der Waals surface area contributed by atoms with E-state index in [2.05, 4.69) is 24.1 Å². The summed E-state index contributed by atoms with van der Waals surface area (Å²) in [5.41, 5.74) is 1.56. The Morgan fingerprint density at radius 1 is 1.53 bits per heavy atom. The third-order valence-electron chi connectivity index (χ3n) is 3.45. The van der Waals surface area contributed by atoms with E-state index in [1.54, 1.807) is 12.4 Å². The minimum Gasteiger partial charge on any atom is -0.383 e. The van der Waals surface area contributed by atoms with E-state index >= 15 is 0 Å². The maximum Gasteiger partial charge on any atom is 0.256 e. The summed E-state index contributed by atoms with van der Waals surface area (Å²) in [6.45, 7) is 7.84. The van der Waals surface area contributed by atoms with Gasteiger partial charge in [-0.2, -0.15) is 0 Å². The lowest BCUT2D eigenvalue weighted by Crippen LogP contribution is -2.38. The molecule has 4 nitrogen and oxygen atoms in total. The highest BCUT2D eigenvalue weighted by Crippen LogP contribution is 2.31. The SMILES string of the molecule is CCNc1cnccc1C(=O)N(CC1CC1)C(C)C. The molecule has 104 valence electrons. The van der Waals surface area contributed by atoms with Gasteiger partial charge in [0.25, 0.3) is 5.91 Å². The third-order valence-corrected chi connectivity index (χ3v) is 3.45. The Labute approximate surface area is 115 Å². The first-order valence-corrected chi connectivity index (χ1v) is 7.12. The first-order valence-electron chi connectivity index (χ1n) is 7.12. The van der Waals surface area contributed by atoms with E-state index in [0.717, 1.165) is 24.3 Å². The molecule has 1 aliphatic carbocycles. The molecule has 2 rings (SSSR count). The fourth-order valence-electron chi connectivity index (χ4n) is 2.17. The van der Waals surface area contributed by atoms with Gasteiger partial charge in [0.15, 0.2) is 0 Å². The van der Waals surface area contributed by atoms with Crippen LogP contribution in [0.2, 0.25) is 0 Å². The molecule has 0 spiro atoms. The summed E-state index contributed by atoms with van der Waals surface area (Å²) in [4.78, 5) is 18.8. The van der Waals surface area contributed by atoms with Crippen molar-refractivity contribution in [3.05, 3.63) is 24.0 Å². The number of nitrogens with one attached hydrogen (secondary N) is 1. The van der Waals surface area contributed by atoms with E-state index in [0.29, 0.717) is 5.92 Å². The Balaban J connectivity index is 2.20. The number of pyridine rings is 1. The van der Waals surface area contributed by atoms with Gasteiger partial charge in [0.05, 0.1) is 17.4 Å². The average Bonchev–Trinajstić information content (AvgIpc) is 3.20. The summed E-state index contributed by atoms with van der Waals surface area (Å²) in [6, 6.07) is 2.04. The molecule has 1 N–H and O–H groups in total. The number of nitrogens with zero attached hydrogens (tertiary/aromatic N) is 2. The van der Waals surface area contributed by atoms with Crippen molar-refractivity contribution in [1.29, 1.82) is 0 Å². The smallest absolute Gasteiger partial charge is 0.256 e. The molecule has 1 aliphatic rings. The Kier molecular flexibility index (Phi) is 4.40. The predicted octanol–water partition coefficient (Wildman–Crippen LogP) is 2.77. The zero-order chi connectivity index (χ0) is 13.8. The van der Waals surface area contributed by atoms with Crippen LogP contribution in [-0.2, 0) is 0 Å². The van der Waals surface area contributed by atoms with Crippen LogP contribution in [0.15, 0.2) is 18.5 Å². The molecule has 0 unspecified atom stereocenters. The fourth-order valence-corrected chi connectivity index (χ4v) is 2.17. The summed E-state index contributed by atoms with van der Waals surface area (Å²) in [6.07, 6.45) is 5.93. The monoisotopic (exact) mass is 261 g/mol. The molecular weight excluding hydrogens is 238 g/mol. The molecule has 19 heavy (non-hydrogen) atoms. The minimum absolute atomic E-state index is 0.111. The lowest BCUT2D eigenvalue weighted by molar-refractivity contribution is 0.0697. The number of anilines is 1. The van der Waals surface area contributed by atoms with Crippen LogP contribution in [0, 0.1) is 5.92 Å². The predicted molar refractivity (Wildman–Crippen MR) is 77.3 cm³/mol. The molecule has 0 saturated heterocycles. The van der Waals surface area contributed by atoms with Crippen LogP contribution in [0.1, 0.15) is 44.0 Å². The lowest BCUT2D eigenvalue weighted by atomic mass is 10.1. The molecule has 4 heteroatoms. The van der Waals surface area contributed by atoms with E-state index in [9.17, 15) is 4.79 Å². The van der Waals surface area contributed by atoms with Gasteiger partial charge in [0, 0.05) is 25.3 Å². The topological polar surface area (TPSA) is 45.2 Å². The molecule has 0 aromatic carbocycles. The summed E-state index contributed by atoms with van der Waals surface area (Å²) in [5, 5.41) is 3.21. The van der Waals surface area contributed by atoms with Crippen LogP contribution in [-0.4, -0.2) is 34.9 Å². The summed E-state index contributed by atoms with van der Waals surface area (Å²) >= 11 is 0. The number of rotatable bonds is 6. The van der Waals surface area contributed by atoms with E-state index in [1.807, 2.05) is 17.9 Å². The summed E-state index contributed by atoms with van der Waals surface area (Å²) in [5.74, 6) is 0.816. The Morgan fingerprint density at radius 2 is 2.26 bits per heavy atom. The third kappa shape index (κ3) is 3.46. The van der Waals surface area contributed by atoms with Crippen molar-refractivity contribution < 1.29 is 4.79 Å². The lowest BCUT2D eigenvalue weighted by Gasteiger charge is -2.27. The second-order valence-corrected chi connectivity index (χ2v) is 5.45. The molecule has 1 heterocycles. The van der Waals surface area contributed by atoms with Gasteiger partial charge in [0.1, 0.15) is 0 Å². The van der Waals surface area contributed by atoms with Crippen LogP contribution >= 0.6 is 0 Å². The van der Waals surface area contributed by atoms with Crippen molar-refractivity contribution in [2.75, 3.05) is 18.4 Å². The second-order valence-electron chi connectivity index (χ2n) is 5.45. The Bertz CT molecular complexity index is 441. The first kappa shape index (κ1) is 13.8. The molecule has 1 fully saturated rings. The van der Waals surface area contributed by atoms with Gasteiger partial charge in [0.2, 0.25) is 0 Å². The van der Waals surface area contributed by atoms with Crippen LogP contribution in [0.3, 0.4) is 0 Å². The molecule has 0 radical (unpaired) electrons. The highest BCUT2D eigenvalue weighted by atomic mass is 16.2. The van der Waals surface area contributed by atoms with Crippen molar-refractivity contribution in [3.63, 3.8) is 0 Å². The number of amides is 1. The number of hydrogen-bond acceptors (Lipinski definition) is 3. The molecule has 1 amide bonds. The van der Waals surface area contributed by atoms with Crippen LogP contribution in [0.5, 0.6) is 0 Å². The molecule has 1 saturated carbocycles. The van der Waals surface area contributed by atoms with Gasteiger partial charge >= 0.3 is 0 Å². The summed E-state index contributed by atoms with van der Waals surface area (Å²) in [7, 11) is 0. The highest BCUT2D eigenvalue weighted by Gasteiger charge is 2.29. The fraction of sp³-hybridized carbons (Fsp3) is 0.600. The van der Waals surface area contributed by atoms with E-state index < -0.39 is 0 Å². The molecule has 0 atom stereocenters. The highest BCUT2D eigenvalue weighted by molar-refractivity contribution is 5.99. The quantitative estimate of drug-likeness (QED) is 0.856. The second kappa shape index (κ2) is 6.04. The molecule has 1 aromatic heterocycles. The zero-order valence-corrected chi connectivity index (χ0v) is 12.0. The van der Waals surface area contributed by atoms with Gasteiger partial charge in [-0.05, 0) is 45.6 Å². The van der Waals surface area contributed by atoms with E-state index in [4.69, 9.17) is 0 Å². The van der Waals surface area contributed by atoms with E-state index in [-0.39, 0.29) is 11.9 Å². The Morgan fingerprint density at radius 3 is 2.84 bits per heavy atom. The van der Waals surface area contributed by atoms with Crippen molar-refractivity contribution in [2.24, 2.45) is 5.92 Å². The van der Waals surface area contributed by atoms with E-state index in [1.165, 1.54) is 12.8 Å². The van der Waals surface area contributed by atoms with Crippen molar-refractivity contribution in [1.82, 2.24) is 9.88 Å². The van der Waals surface area contributed by atoms with Gasteiger partial charge < -0.3 is 10.2 Å². The van der Waals surface area contributed by atoms with Crippen molar-refractivity contribution in [2.45, 2.75) is 39.7 Å². The van der Waals surface area contributed by atoms with Crippen molar-refractivity contribution >= 4 is 11.6 Å². The van der Waals surface area contributed by atoms with Gasteiger partial charge in [-0.1, -0.05) is 0 Å². The van der Waals surface area contributed by atoms with Gasteiger partial charge in [-0.15, -0.1) is 0 Å². The maximum atomic E-state index is 12.7. The van der Waals surface area contributed by atoms with Crippen LogP contribution in [0.4, 0.5) is 5.69 Å². The largest absolute Gasteiger partial charge is 0.383 e. The number of aromatic nitrogens is 1. The molecule has 0 bridgehead atoms. The number of hydrogen-bond donors (Lipinski definition) is 1. The molecule has 0 aliphatic heterocycles. The zero-order valence-electron chi connectivity index (χ0n) is 12.0. The van der Waals surface area contributed by atoms with Gasteiger partial charge in [-0.3, -0.25) is 9.78 Å². The average molecular weight is 261 g/mol. The minimum atomic E-state index is 0.111. The Hall–Kier alpha value is -1.58.